The Morgan fingerprint density at radius 2 is 1.88 bits per heavy atom. The first-order valence-corrected chi connectivity index (χ1v) is 10.7. The van der Waals surface area contributed by atoms with E-state index in [4.69, 9.17) is 9.72 Å². The Kier molecular flexibility index (Phi) is 7.25. The summed E-state index contributed by atoms with van der Waals surface area (Å²) >= 11 is 0. The maximum atomic E-state index is 11.9. The summed E-state index contributed by atoms with van der Waals surface area (Å²) in [6.07, 6.45) is 3.61. The lowest BCUT2D eigenvalue weighted by molar-refractivity contribution is 0.0600. The van der Waals surface area contributed by atoms with Crippen LogP contribution in [0.5, 0.6) is 0 Å². The molecule has 0 unspecified atom stereocenters. The molecule has 0 radical (unpaired) electrons. The van der Waals surface area contributed by atoms with Crippen molar-refractivity contribution in [3.05, 3.63) is 65.1 Å². The maximum absolute atomic E-state index is 11.9. The van der Waals surface area contributed by atoms with E-state index in [-0.39, 0.29) is 5.97 Å². The number of rotatable bonds is 4. The Morgan fingerprint density at radius 1 is 1.09 bits per heavy atom. The summed E-state index contributed by atoms with van der Waals surface area (Å²) in [7, 11) is 3.39. The number of carbonyl (C=O) groups excluding carboxylic acids is 1. The van der Waals surface area contributed by atoms with Gasteiger partial charge >= 0.3 is 5.97 Å². The number of aromatic nitrogens is 3. The molecule has 3 aromatic rings. The van der Waals surface area contributed by atoms with Gasteiger partial charge in [0.25, 0.3) is 0 Å². The van der Waals surface area contributed by atoms with Gasteiger partial charge < -0.3 is 19.9 Å². The van der Waals surface area contributed by atoms with Gasteiger partial charge in [0.15, 0.2) is 0 Å². The molecule has 4 rings (SSSR count). The van der Waals surface area contributed by atoms with Gasteiger partial charge in [0.1, 0.15) is 5.82 Å². The van der Waals surface area contributed by atoms with Gasteiger partial charge in [-0.25, -0.2) is 9.78 Å². The predicted molar refractivity (Wildman–Crippen MR) is 128 cm³/mol. The molecule has 0 bridgehead atoms. The molecule has 0 saturated carbocycles. The lowest BCUT2D eigenvalue weighted by Gasteiger charge is -2.37. The molecule has 0 fully saturated rings. The number of nitrogens with one attached hydrogen (secondary N) is 1. The highest BCUT2D eigenvalue weighted by molar-refractivity contribution is 5.91. The van der Waals surface area contributed by atoms with E-state index in [1.807, 2.05) is 65.2 Å². The third kappa shape index (κ3) is 4.96. The predicted octanol–water partition coefficient (Wildman–Crippen LogP) is 4.46. The Morgan fingerprint density at radius 3 is 2.56 bits per heavy atom. The van der Waals surface area contributed by atoms with E-state index >= 15 is 0 Å². The van der Waals surface area contributed by atoms with E-state index in [9.17, 15) is 4.79 Å². The van der Waals surface area contributed by atoms with Crippen LogP contribution in [0.4, 0.5) is 23.1 Å². The molecular formula is C24H30N6O2. The van der Waals surface area contributed by atoms with Crippen molar-refractivity contribution >= 4 is 29.1 Å². The molecule has 0 spiro atoms. The Hall–Kier alpha value is -3.68. The molecule has 168 valence electrons. The molecular weight excluding hydrogens is 404 g/mol. The topological polar surface area (TPSA) is 83.5 Å². The van der Waals surface area contributed by atoms with Crippen molar-refractivity contribution in [3.8, 4) is 0 Å². The molecule has 1 aromatic carbocycles. The zero-order valence-electron chi connectivity index (χ0n) is 19.5. The number of methoxy groups -OCH3 is 1. The van der Waals surface area contributed by atoms with Crippen LogP contribution in [0.3, 0.4) is 0 Å². The van der Waals surface area contributed by atoms with E-state index in [1.165, 1.54) is 7.11 Å². The molecule has 1 aliphatic heterocycles. The first kappa shape index (κ1) is 23.0. The summed E-state index contributed by atoms with van der Waals surface area (Å²) < 4.78 is 4.87. The second-order valence-electron chi connectivity index (χ2n) is 7.39. The number of fused-ring (bicyclic) bond motifs is 1. The number of pyridine rings is 1. The summed E-state index contributed by atoms with van der Waals surface area (Å²) in [6.45, 7) is 9.27. The Balaban J connectivity index is 0.00000141. The number of benzene rings is 1. The summed E-state index contributed by atoms with van der Waals surface area (Å²) in [5.41, 5.74) is 5.43. The Bertz CT molecular complexity index is 1080. The number of hydrogen-bond donors (Lipinski definition) is 1. The van der Waals surface area contributed by atoms with Crippen molar-refractivity contribution in [2.24, 2.45) is 0 Å². The number of anilines is 4. The van der Waals surface area contributed by atoms with Crippen molar-refractivity contribution in [2.45, 2.75) is 34.2 Å². The molecule has 8 nitrogen and oxygen atoms in total. The fourth-order valence-electron chi connectivity index (χ4n) is 3.51. The van der Waals surface area contributed by atoms with Crippen LogP contribution >= 0.6 is 0 Å². The smallest absolute Gasteiger partial charge is 0.337 e. The maximum Gasteiger partial charge on any atom is 0.337 e. The molecule has 8 heteroatoms. The SMILES string of the molecule is CC.COC(=O)c1ccc(C)c(N2Cc3cnc(Nc4ccc(C)nc4)nc3N(C)C2)c1. The quantitative estimate of drug-likeness (QED) is 0.603. The van der Waals surface area contributed by atoms with Gasteiger partial charge in [-0.05, 0) is 43.7 Å². The van der Waals surface area contributed by atoms with Crippen molar-refractivity contribution in [1.29, 1.82) is 0 Å². The minimum Gasteiger partial charge on any atom is -0.465 e. The number of esters is 1. The average molecular weight is 435 g/mol. The summed E-state index contributed by atoms with van der Waals surface area (Å²) in [5, 5.41) is 3.20. The van der Waals surface area contributed by atoms with Gasteiger partial charge in [-0.1, -0.05) is 19.9 Å². The number of hydrogen-bond acceptors (Lipinski definition) is 8. The molecule has 0 aliphatic carbocycles. The molecule has 32 heavy (non-hydrogen) atoms. The lowest BCUT2D eigenvalue weighted by atomic mass is 10.1. The van der Waals surface area contributed by atoms with Crippen LogP contribution in [0.25, 0.3) is 0 Å². The Labute approximate surface area is 189 Å². The average Bonchev–Trinajstić information content (AvgIpc) is 2.82. The van der Waals surface area contributed by atoms with Crippen LogP contribution in [0.15, 0.2) is 42.7 Å². The molecule has 0 amide bonds. The molecule has 3 heterocycles. The van der Waals surface area contributed by atoms with Gasteiger partial charge in [0.2, 0.25) is 5.95 Å². The normalized spacial score (nSPS) is 12.4. The lowest BCUT2D eigenvalue weighted by Crippen LogP contribution is -2.41. The van der Waals surface area contributed by atoms with Gasteiger partial charge in [-0.2, -0.15) is 4.98 Å². The van der Waals surface area contributed by atoms with E-state index in [0.717, 1.165) is 34.0 Å². The minimum atomic E-state index is -0.341. The van der Waals surface area contributed by atoms with Crippen LogP contribution in [-0.2, 0) is 11.3 Å². The summed E-state index contributed by atoms with van der Waals surface area (Å²) in [5.74, 6) is 1.07. The van der Waals surface area contributed by atoms with Gasteiger partial charge in [0, 0.05) is 36.7 Å². The second kappa shape index (κ2) is 10.1. The van der Waals surface area contributed by atoms with Crippen LogP contribution in [-0.4, -0.2) is 41.7 Å². The van der Waals surface area contributed by atoms with E-state index in [2.05, 4.69) is 25.1 Å². The standard InChI is InChI=1S/C22H24N6O2.C2H6/c1-14-5-7-16(21(29)30-4)9-19(14)28-12-17-10-24-22(26-20(17)27(3)13-28)25-18-8-6-15(2)23-11-18;1-2/h5-11H,12-13H2,1-4H3,(H,24,25,26);1-2H3. The first-order valence-electron chi connectivity index (χ1n) is 10.7. The third-order valence-corrected chi connectivity index (χ3v) is 5.09. The second-order valence-corrected chi connectivity index (χ2v) is 7.39. The molecule has 1 N–H and O–H groups in total. The third-order valence-electron chi connectivity index (χ3n) is 5.09. The minimum absolute atomic E-state index is 0.341. The zero-order valence-corrected chi connectivity index (χ0v) is 19.5. The number of nitrogens with zero attached hydrogens (tertiary/aromatic N) is 5. The highest BCUT2D eigenvalue weighted by Gasteiger charge is 2.24. The van der Waals surface area contributed by atoms with Crippen molar-refractivity contribution in [3.63, 3.8) is 0 Å². The monoisotopic (exact) mass is 434 g/mol. The van der Waals surface area contributed by atoms with Crippen LogP contribution in [0.1, 0.15) is 41.0 Å². The van der Waals surface area contributed by atoms with Crippen molar-refractivity contribution in [2.75, 3.05) is 35.9 Å². The van der Waals surface area contributed by atoms with Crippen LogP contribution < -0.4 is 15.1 Å². The van der Waals surface area contributed by atoms with E-state index in [0.29, 0.717) is 24.7 Å². The van der Waals surface area contributed by atoms with E-state index in [1.54, 1.807) is 12.3 Å². The fraction of sp³-hybridized carbons (Fsp3) is 0.333. The highest BCUT2D eigenvalue weighted by atomic mass is 16.5. The summed E-state index contributed by atoms with van der Waals surface area (Å²) in [4.78, 5) is 29.7. The zero-order chi connectivity index (χ0) is 23.3. The molecule has 0 saturated heterocycles. The highest BCUT2D eigenvalue weighted by Crippen LogP contribution is 2.31. The summed E-state index contributed by atoms with van der Waals surface area (Å²) in [6, 6.07) is 9.49. The molecule has 0 atom stereocenters. The van der Waals surface area contributed by atoms with Crippen molar-refractivity contribution < 1.29 is 9.53 Å². The van der Waals surface area contributed by atoms with Gasteiger partial charge in [0.05, 0.1) is 31.2 Å². The largest absolute Gasteiger partial charge is 0.465 e. The number of aryl methyl sites for hydroxylation is 2. The van der Waals surface area contributed by atoms with Crippen LogP contribution in [0, 0.1) is 13.8 Å². The van der Waals surface area contributed by atoms with Gasteiger partial charge in [-0.3, -0.25) is 4.98 Å². The van der Waals surface area contributed by atoms with Crippen molar-refractivity contribution in [1.82, 2.24) is 15.0 Å². The fourth-order valence-corrected chi connectivity index (χ4v) is 3.51. The number of ether oxygens (including phenoxy) is 1. The molecule has 2 aromatic heterocycles. The number of carbonyl (C=O) groups is 1. The van der Waals surface area contributed by atoms with Crippen LogP contribution in [0.2, 0.25) is 0 Å². The molecule has 1 aliphatic rings. The first-order chi connectivity index (χ1) is 15.4. The van der Waals surface area contributed by atoms with E-state index < -0.39 is 0 Å². The van der Waals surface area contributed by atoms with Gasteiger partial charge in [-0.15, -0.1) is 0 Å².